The summed E-state index contributed by atoms with van der Waals surface area (Å²) in [6.07, 6.45) is 1.62. The molecule has 0 atom stereocenters. The molecule has 4 aromatic rings. The lowest BCUT2D eigenvalue weighted by molar-refractivity contribution is 0.0462. The van der Waals surface area contributed by atoms with E-state index in [-0.39, 0.29) is 18.0 Å². The van der Waals surface area contributed by atoms with Crippen LogP contribution in [0.1, 0.15) is 26.6 Å². The molecule has 0 amide bonds. The van der Waals surface area contributed by atoms with Gasteiger partial charge in [0, 0.05) is 10.4 Å². The summed E-state index contributed by atoms with van der Waals surface area (Å²) in [5.74, 6) is 0.606. The smallest absolute Gasteiger partial charge is 0.338 e. The summed E-state index contributed by atoms with van der Waals surface area (Å²) in [6, 6.07) is 12.8. The Kier molecular flexibility index (Phi) is 6.79. The maximum atomic E-state index is 12.9. The lowest BCUT2D eigenvalue weighted by Gasteiger charge is -2.11. The number of hydrogen-bond donors (Lipinski definition) is 1. The number of nitrogens with zero attached hydrogens (tertiary/aromatic N) is 1. The molecule has 1 N–H and O–H groups in total. The SMILES string of the molecule is C=CCOc1ccc(C(=O)OCc2nc3sc(C)c(-c4ccc(C)cc4)c3c(=O)[nH]2)cc1OC. The van der Waals surface area contributed by atoms with Gasteiger partial charge in [0.2, 0.25) is 0 Å². The van der Waals surface area contributed by atoms with Crippen LogP contribution in [0.5, 0.6) is 11.5 Å². The number of benzene rings is 2. The van der Waals surface area contributed by atoms with E-state index in [0.717, 1.165) is 21.6 Å². The van der Waals surface area contributed by atoms with Crippen LogP contribution in [0.25, 0.3) is 21.3 Å². The first kappa shape index (κ1) is 23.3. The van der Waals surface area contributed by atoms with E-state index in [0.29, 0.717) is 33.9 Å². The first-order valence-corrected chi connectivity index (χ1v) is 11.4. The van der Waals surface area contributed by atoms with Gasteiger partial charge in [-0.25, -0.2) is 9.78 Å². The number of rotatable bonds is 8. The minimum atomic E-state index is -0.570. The molecule has 0 fully saturated rings. The van der Waals surface area contributed by atoms with Crippen molar-refractivity contribution in [2.75, 3.05) is 13.7 Å². The molecule has 0 saturated heterocycles. The molecular weight excluding hydrogens is 452 g/mol. The maximum absolute atomic E-state index is 12.9. The molecule has 0 bridgehead atoms. The molecule has 0 spiro atoms. The van der Waals surface area contributed by atoms with Crippen LogP contribution in [0.15, 0.2) is 59.9 Å². The van der Waals surface area contributed by atoms with E-state index in [1.165, 1.54) is 24.5 Å². The Morgan fingerprint density at radius 3 is 2.62 bits per heavy atom. The van der Waals surface area contributed by atoms with Gasteiger partial charge in [-0.15, -0.1) is 11.3 Å². The Bertz CT molecular complexity index is 1420. The molecule has 7 nitrogen and oxygen atoms in total. The molecule has 0 radical (unpaired) electrons. The topological polar surface area (TPSA) is 90.5 Å². The summed E-state index contributed by atoms with van der Waals surface area (Å²) in [4.78, 5) is 34.4. The highest BCUT2D eigenvalue weighted by atomic mass is 32.1. The number of hydrogen-bond acceptors (Lipinski definition) is 7. The van der Waals surface area contributed by atoms with Gasteiger partial charge >= 0.3 is 5.97 Å². The number of aromatic amines is 1. The third-order valence-corrected chi connectivity index (χ3v) is 6.22. The molecule has 4 rings (SSSR count). The van der Waals surface area contributed by atoms with Crippen LogP contribution in [0, 0.1) is 13.8 Å². The second kappa shape index (κ2) is 9.93. The maximum Gasteiger partial charge on any atom is 0.338 e. The van der Waals surface area contributed by atoms with Gasteiger partial charge in [0.25, 0.3) is 5.56 Å². The number of thiophene rings is 1. The lowest BCUT2D eigenvalue weighted by atomic mass is 10.0. The van der Waals surface area contributed by atoms with Gasteiger partial charge in [-0.1, -0.05) is 42.5 Å². The highest BCUT2D eigenvalue weighted by Crippen LogP contribution is 2.35. The van der Waals surface area contributed by atoms with Gasteiger partial charge in [-0.05, 0) is 37.6 Å². The Morgan fingerprint density at radius 2 is 1.91 bits per heavy atom. The number of carbonyl (C=O) groups is 1. The fourth-order valence-corrected chi connectivity index (χ4v) is 4.64. The van der Waals surface area contributed by atoms with Gasteiger partial charge in [0.1, 0.15) is 23.9 Å². The monoisotopic (exact) mass is 476 g/mol. The van der Waals surface area contributed by atoms with Crippen molar-refractivity contribution in [1.29, 1.82) is 0 Å². The zero-order chi connectivity index (χ0) is 24.2. The largest absolute Gasteiger partial charge is 0.493 e. The van der Waals surface area contributed by atoms with Gasteiger partial charge < -0.3 is 19.2 Å². The fraction of sp³-hybridized carbons (Fsp3) is 0.192. The quantitative estimate of drug-likeness (QED) is 0.278. The Hall–Kier alpha value is -3.91. The lowest BCUT2D eigenvalue weighted by Crippen LogP contribution is -2.14. The second-order valence-electron chi connectivity index (χ2n) is 7.63. The molecule has 2 aromatic heterocycles. The van der Waals surface area contributed by atoms with Crippen LogP contribution in [0.3, 0.4) is 0 Å². The summed E-state index contributed by atoms with van der Waals surface area (Å²) in [6.45, 7) is 7.74. The van der Waals surface area contributed by atoms with Gasteiger partial charge in [0.15, 0.2) is 11.5 Å². The van der Waals surface area contributed by atoms with Crippen molar-refractivity contribution in [1.82, 2.24) is 9.97 Å². The highest BCUT2D eigenvalue weighted by Gasteiger charge is 2.18. The average Bonchev–Trinajstić information content (AvgIpc) is 3.17. The first-order chi connectivity index (χ1) is 16.4. The van der Waals surface area contributed by atoms with Crippen molar-refractivity contribution in [3.8, 4) is 22.6 Å². The number of aromatic nitrogens is 2. The van der Waals surface area contributed by atoms with E-state index in [1.54, 1.807) is 18.2 Å². The third-order valence-electron chi connectivity index (χ3n) is 5.22. The number of aryl methyl sites for hydroxylation is 2. The van der Waals surface area contributed by atoms with Gasteiger partial charge in [-0.2, -0.15) is 0 Å². The zero-order valence-corrected chi connectivity index (χ0v) is 20.0. The number of nitrogens with one attached hydrogen (secondary N) is 1. The van der Waals surface area contributed by atoms with Crippen LogP contribution in [-0.2, 0) is 11.3 Å². The Morgan fingerprint density at radius 1 is 1.15 bits per heavy atom. The number of methoxy groups -OCH3 is 1. The normalized spacial score (nSPS) is 10.8. The van der Waals surface area contributed by atoms with Crippen molar-refractivity contribution in [3.63, 3.8) is 0 Å². The molecule has 8 heteroatoms. The zero-order valence-electron chi connectivity index (χ0n) is 19.1. The van der Waals surface area contributed by atoms with E-state index in [1.807, 2.05) is 38.1 Å². The van der Waals surface area contributed by atoms with Gasteiger partial charge in [-0.3, -0.25) is 4.79 Å². The third kappa shape index (κ3) is 4.72. The molecule has 0 aliphatic heterocycles. The van der Waals surface area contributed by atoms with Crippen LogP contribution in [0.4, 0.5) is 0 Å². The fourth-order valence-electron chi connectivity index (χ4n) is 3.58. The van der Waals surface area contributed by atoms with Crippen molar-refractivity contribution >= 4 is 27.5 Å². The van der Waals surface area contributed by atoms with E-state index in [2.05, 4.69) is 16.5 Å². The standard InChI is InChI=1S/C26H24N2O5S/c1-5-12-32-19-11-10-18(13-20(19)31-4)26(30)33-14-21-27-24(29)23-22(16(3)34-25(23)28-21)17-8-6-15(2)7-9-17/h5-11,13H,1,12,14H2,2-4H3,(H,27,28,29). The molecule has 0 unspecified atom stereocenters. The number of carbonyl (C=O) groups excluding carboxylic acids is 1. The van der Waals surface area contributed by atoms with Crippen molar-refractivity contribution in [2.45, 2.75) is 20.5 Å². The van der Waals surface area contributed by atoms with Crippen LogP contribution in [0.2, 0.25) is 0 Å². The van der Waals surface area contributed by atoms with Crippen molar-refractivity contribution < 1.29 is 19.0 Å². The van der Waals surface area contributed by atoms with Crippen LogP contribution >= 0.6 is 11.3 Å². The average molecular weight is 477 g/mol. The predicted molar refractivity (Wildman–Crippen MR) is 133 cm³/mol. The van der Waals surface area contributed by atoms with Crippen molar-refractivity contribution in [2.24, 2.45) is 0 Å². The summed E-state index contributed by atoms with van der Waals surface area (Å²) in [7, 11) is 1.49. The molecule has 0 aliphatic carbocycles. The number of fused-ring (bicyclic) bond motifs is 1. The second-order valence-corrected chi connectivity index (χ2v) is 8.84. The molecular formula is C26H24N2O5S. The minimum absolute atomic E-state index is 0.169. The Labute approximate surface area is 200 Å². The van der Waals surface area contributed by atoms with Crippen LogP contribution in [-0.4, -0.2) is 29.7 Å². The van der Waals surface area contributed by atoms with E-state index >= 15 is 0 Å². The molecule has 174 valence electrons. The summed E-state index contributed by atoms with van der Waals surface area (Å²) in [5.41, 5.74) is 3.02. The molecule has 34 heavy (non-hydrogen) atoms. The molecule has 0 saturated carbocycles. The summed E-state index contributed by atoms with van der Waals surface area (Å²) < 4.78 is 16.2. The van der Waals surface area contributed by atoms with Crippen LogP contribution < -0.4 is 15.0 Å². The van der Waals surface area contributed by atoms with Gasteiger partial charge in [0.05, 0.1) is 18.1 Å². The highest BCUT2D eigenvalue weighted by molar-refractivity contribution is 7.19. The number of H-pyrrole nitrogens is 1. The molecule has 2 heterocycles. The van der Waals surface area contributed by atoms with E-state index in [4.69, 9.17) is 14.2 Å². The Balaban J connectivity index is 1.55. The summed E-state index contributed by atoms with van der Waals surface area (Å²) in [5, 5.41) is 0.543. The molecule has 2 aromatic carbocycles. The summed E-state index contributed by atoms with van der Waals surface area (Å²) >= 11 is 1.44. The van der Waals surface area contributed by atoms with E-state index < -0.39 is 5.97 Å². The number of ether oxygens (including phenoxy) is 3. The van der Waals surface area contributed by atoms with Crippen molar-refractivity contribution in [3.05, 3.63) is 87.3 Å². The molecule has 0 aliphatic rings. The first-order valence-electron chi connectivity index (χ1n) is 10.6. The number of esters is 1. The van der Waals surface area contributed by atoms with E-state index in [9.17, 15) is 9.59 Å². The minimum Gasteiger partial charge on any atom is -0.493 e. The predicted octanol–water partition coefficient (Wildman–Crippen LogP) is 5.20.